The average Bonchev–Trinajstić information content (AvgIpc) is 3.13. The highest BCUT2D eigenvalue weighted by Gasteiger charge is 2.12. The molecule has 0 bridgehead atoms. The lowest BCUT2D eigenvalue weighted by molar-refractivity contribution is 0.288. The second kappa shape index (κ2) is 8.97. The molecule has 0 atom stereocenters. The molecular weight excluding hydrogens is 358 g/mol. The third-order valence-corrected chi connectivity index (χ3v) is 4.73. The van der Waals surface area contributed by atoms with Gasteiger partial charge in [0.05, 0.1) is 24.6 Å². The van der Waals surface area contributed by atoms with E-state index in [1.54, 1.807) is 11.3 Å². The smallest absolute Gasteiger partial charge is 0.161 e. The summed E-state index contributed by atoms with van der Waals surface area (Å²) in [6.45, 7) is 5.94. The standard InChI is InChI=1S/C21H25N3O2S/c1-5-25-19-11-10-15(12-20(19)26-6-2)21-23-18(14-27-21)17-9-7-8-16(22-17)13-24(3)4/h7-12,14H,5-6,13H2,1-4H3. The zero-order valence-electron chi connectivity index (χ0n) is 16.2. The van der Waals surface area contributed by atoms with Gasteiger partial charge in [-0.05, 0) is 58.3 Å². The molecule has 5 nitrogen and oxygen atoms in total. The Morgan fingerprint density at radius 2 is 1.70 bits per heavy atom. The van der Waals surface area contributed by atoms with Crippen LogP contribution in [0.2, 0.25) is 0 Å². The molecule has 2 heterocycles. The van der Waals surface area contributed by atoms with E-state index in [1.165, 1.54) is 0 Å². The highest BCUT2D eigenvalue weighted by molar-refractivity contribution is 7.13. The number of hydrogen-bond donors (Lipinski definition) is 0. The second-order valence-corrected chi connectivity index (χ2v) is 7.18. The van der Waals surface area contributed by atoms with E-state index in [9.17, 15) is 0 Å². The van der Waals surface area contributed by atoms with Crippen LogP contribution in [0.15, 0.2) is 41.8 Å². The Morgan fingerprint density at radius 1 is 0.926 bits per heavy atom. The molecule has 0 fully saturated rings. The van der Waals surface area contributed by atoms with Crippen molar-refractivity contribution < 1.29 is 9.47 Å². The summed E-state index contributed by atoms with van der Waals surface area (Å²) in [6, 6.07) is 12.0. The predicted octanol–water partition coefficient (Wildman–Crippen LogP) is 4.73. The van der Waals surface area contributed by atoms with Crippen molar-refractivity contribution in [3.63, 3.8) is 0 Å². The molecule has 6 heteroatoms. The largest absolute Gasteiger partial charge is 0.490 e. The van der Waals surface area contributed by atoms with E-state index in [1.807, 2.05) is 69.7 Å². The maximum atomic E-state index is 5.73. The molecule has 0 unspecified atom stereocenters. The Labute approximate surface area is 164 Å². The van der Waals surface area contributed by atoms with Gasteiger partial charge in [-0.15, -0.1) is 11.3 Å². The number of thiazole rings is 1. The summed E-state index contributed by atoms with van der Waals surface area (Å²) in [5, 5.41) is 2.99. The van der Waals surface area contributed by atoms with Crippen molar-refractivity contribution in [1.82, 2.24) is 14.9 Å². The first-order valence-electron chi connectivity index (χ1n) is 9.07. The summed E-state index contributed by atoms with van der Waals surface area (Å²) in [6.07, 6.45) is 0. The van der Waals surface area contributed by atoms with Crippen molar-refractivity contribution in [2.24, 2.45) is 0 Å². The van der Waals surface area contributed by atoms with Crippen LogP contribution in [-0.4, -0.2) is 42.2 Å². The number of benzene rings is 1. The molecule has 0 amide bonds. The predicted molar refractivity (Wildman–Crippen MR) is 111 cm³/mol. The lowest BCUT2D eigenvalue weighted by atomic mass is 10.2. The fourth-order valence-corrected chi connectivity index (χ4v) is 3.55. The lowest BCUT2D eigenvalue weighted by Crippen LogP contribution is -2.11. The summed E-state index contributed by atoms with van der Waals surface area (Å²) in [5.74, 6) is 1.51. The first kappa shape index (κ1) is 19.3. The van der Waals surface area contributed by atoms with Crippen LogP contribution < -0.4 is 9.47 Å². The molecule has 142 valence electrons. The zero-order chi connectivity index (χ0) is 19.2. The highest BCUT2D eigenvalue weighted by Crippen LogP contribution is 2.35. The van der Waals surface area contributed by atoms with Crippen LogP contribution in [-0.2, 0) is 6.54 Å². The highest BCUT2D eigenvalue weighted by atomic mass is 32.1. The average molecular weight is 384 g/mol. The van der Waals surface area contributed by atoms with Crippen LogP contribution in [0, 0.1) is 0 Å². The van der Waals surface area contributed by atoms with Crippen LogP contribution in [0.5, 0.6) is 11.5 Å². The Morgan fingerprint density at radius 3 is 2.44 bits per heavy atom. The van der Waals surface area contributed by atoms with Crippen LogP contribution in [0.3, 0.4) is 0 Å². The van der Waals surface area contributed by atoms with Gasteiger partial charge >= 0.3 is 0 Å². The van der Waals surface area contributed by atoms with Gasteiger partial charge in [0.2, 0.25) is 0 Å². The number of pyridine rings is 1. The molecule has 0 radical (unpaired) electrons. The molecule has 0 saturated carbocycles. The van der Waals surface area contributed by atoms with Gasteiger partial charge in [-0.1, -0.05) is 6.07 Å². The Kier molecular flexibility index (Phi) is 6.42. The number of aromatic nitrogens is 2. The molecule has 27 heavy (non-hydrogen) atoms. The molecule has 0 aliphatic heterocycles. The molecule has 3 aromatic rings. The molecule has 0 aliphatic rings. The summed E-state index contributed by atoms with van der Waals surface area (Å²) < 4.78 is 11.4. The maximum Gasteiger partial charge on any atom is 0.161 e. The van der Waals surface area contributed by atoms with Gasteiger partial charge in [-0.3, -0.25) is 0 Å². The van der Waals surface area contributed by atoms with E-state index < -0.39 is 0 Å². The quantitative estimate of drug-likeness (QED) is 0.563. The third kappa shape index (κ3) is 4.84. The maximum absolute atomic E-state index is 5.73. The molecule has 3 rings (SSSR count). The van der Waals surface area contributed by atoms with Gasteiger partial charge in [-0.25, -0.2) is 9.97 Å². The van der Waals surface area contributed by atoms with Crippen LogP contribution in [0.1, 0.15) is 19.5 Å². The van der Waals surface area contributed by atoms with E-state index in [4.69, 9.17) is 19.4 Å². The SMILES string of the molecule is CCOc1ccc(-c2nc(-c3cccc(CN(C)C)n3)cs2)cc1OCC. The minimum absolute atomic E-state index is 0.592. The number of ether oxygens (including phenoxy) is 2. The van der Waals surface area contributed by atoms with Crippen molar-refractivity contribution in [3.05, 3.63) is 47.5 Å². The van der Waals surface area contributed by atoms with Gasteiger partial charge in [0, 0.05) is 17.5 Å². The zero-order valence-corrected chi connectivity index (χ0v) is 17.0. The van der Waals surface area contributed by atoms with Gasteiger partial charge in [0.25, 0.3) is 0 Å². The van der Waals surface area contributed by atoms with Crippen molar-refractivity contribution in [2.75, 3.05) is 27.3 Å². The number of hydrogen-bond acceptors (Lipinski definition) is 6. The van der Waals surface area contributed by atoms with Gasteiger partial charge in [-0.2, -0.15) is 0 Å². The van der Waals surface area contributed by atoms with Gasteiger partial charge in [0.15, 0.2) is 11.5 Å². The van der Waals surface area contributed by atoms with E-state index >= 15 is 0 Å². The minimum Gasteiger partial charge on any atom is -0.490 e. The monoisotopic (exact) mass is 383 g/mol. The fourth-order valence-electron chi connectivity index (χ4n) is 2.74. The molecule has 0 saturated heterocycles. The number of nitrogens with zero attached hydrogens (tertiary/aromatic N) is 3. The summed E-state index contributed by atoms with van der Waals surface area (Å²) in [7, 11) is 4.08. The Bertz CT molecular complexity index is 893. The summed E-state index contributed by atoms with van der Waals surface area (Å²) in [4.78, 5) is 11.6. The molecule has 0 N–H and O–H groups in total. The first-order valence-corrected chi connectivity index (χ1v) is 9.95. The molecule has 1 aromatic carbocycles. The van der Waals surface area contributed by atoms with E-state index in [-0.39, 0.29) is 0 Å². The van der Waals surface area contributed by atoms with E-state index in [2.05, 4.69) is 4.90 Å². The second-order valence-electron chi connectivity index (χ2n) is 6.32. The van der Waals surface area contributed by atoms with Crippen molar-refractivity contribution in [1.29, 1.82) is 0 Å². The number of rotatable bonds is 8. The van der Waals surface area contributed by atoms with Crippen LogP contribution >= 0.6 is 11.3 Å². The van der Waals surface area contributed by atoms with E-state index in [0.717, 1.165) is 45.7 Å². The van der Waals surface area contributed by atoms with Crippen LogP contribution in [0.4, 0.5) is 0 Å². The van der Waals surface area contributed by atoms with Crippen molar-refractivity contribution in [2.45, 2.75) is 20.4 Å². The molecular formula is C21H25N3O2S. The third-order valence-electron chi connectivity index (χ3n) is 3.84. The van der Waals surface area contributed by atoms with Gasteiger partial charge < -0.3 is 14.4 Å². The van der Waals surface area contributed by atoms with Crippen LogP contribution in [0.25, 0.3) is 22.0 Å². The molecule has 0 spiro atoms. The summed E-state index contributed by atoms with van der Waals surface area (Å²) >= 11 is 1.61. The van der Waals surface area contributed by atoms with Crippen molar-refractivity contribution >= 4 is 11.3 Å². The van der Waals surface area contributed by atoms with Gasteiger partial charge in [0.1, 0.15) is 10.7 Å². The van der Waals surface area contributed by atoms with Crippen molar-refractivity contribution in [3.8, 4) is 33.5 Å². The summed E-state index contributed by atoms with van der Waals surface area (Å²) in [5.41, 5.74) is 3.84. The Balaban J connectivity index is 1.88. The molecule has 2 aromatic heterocycles. The van der Waals surface area contributed by atoms with E-state index in [0.29, 0.717) is 13.2 Å². The fraction of sp³-hybridized carbons (Fsp3) is 0.333. The Hall–Kier alpha value is -2.44. The molecule has 0 aliphatic carbocycles. The first-order chi connectivity index (χ1) is 13.1. The lowest BCUT2D eigenvalue weighted by Gasteiger charge is -2.11. The normalized spacial score (nSPS) is 11.0. The minimum atomic E-state index is 0.592. The topological polar surface area (TPSA) is 47.5 Å².